The summed E-state index contributed by atoms with van der Waals surface area (Å²) in [5, 5.41) is 6.02. The molecule has 0 aromatic heterocycles. The van der Waals surface area contributed by atoms with Crippen molar-refractivity contribution in [3.05, 3.63) is 300 Å². The number of rotatable bonds is 10. The molecule has 324 valence electrons. The molecule has 68 heavy (non-hydrogen) atoms. The highest BCUT2D eigenvalue weighted by Crippen LogP contribution is 2.58. The second kappa shape index (κ2) is 17.4. The Labute approximate surface area is 399 Å². The van der Waals surface area contributed by atoms with E-state index in [-0.39, 0.29) is 0 Å². The molecule has 0 aliphatic heterocycles. The Morgan fingerprint density at radius 2 is 1.13 bits per heavy atom. The van der Waals surface area contributed by atoms with Crippen LogP contribution in [0, 0.1) is 6.92 Å². The van der Waals surface area contributed by atoms with Crippen LogP contribution in [0.4, 0.5) is 22.7 Å². The molecule has 1 atom stereocenters. The quantitative estimate of drug-likeness (QED) is 0.147. The van der Waals surface area contributed by atoms with Crippen molar-refractivity contribution in [2.45, 2.75) is 24.7 Å². The van der Waals surface area contributed by atoms with Gasteiger partial charge in [-0.15, -0.1) is 0 Å². The van der Waals surface area contributed by atoms with E-state index in [9.17, 15) is 0 Å². The van der Waals surface area contributed by atoms with Crippen molar-refractivity contribution in [2.24, 2.45) is 0 Å². The maximum absolute atomic E-state index is 3.60. The van der Waals surface area contributed by atoms with Gasteiger partial charge in [-0.25, -0.2) is 0 Å². The lowest BCUT2D eigenvalue weighted by Crippen LogP contribution is -2.28. The first kappa shape index (κ1) is 41.0. The number of nitrogens with zero attached hydrogens (tertiary/aromatic N) is 1. The Morgan fingerprint density at radius 1 is 0.485 bits per heavy atom. The second-order valence-electron chi connectivity index (χ2n) is 18.1. The van der Waals surface area contributed by atoms with Gasteiger partial charge in [-0.05, 0) is 134 Å². The van der Waals surface area contributed by atoms with E-state index in [4.69, 9.17) is 0 Å². The third-order valence-electron chi connectivity index (χ3n) is 14.1. The number of hydrogen-bond acceptors (Lipinski definition) is 2. The van der Waals surface area contributed by atoms with E-state index in [1.807, 2.05) is 6.07 Å². The van der Waals surface area contributed by atoms with Crippen molar-refractivity contribution in [3.63, 3.8) is 0 Å². The first-order valence-corrected chi connectivity index (χ1v) is 23.8. The molecule has 10 aromatic carbocycles. The topological polar surface area (TPSA) is 15.3 Å². The summed E-state index contributed by atoms with van der Waals surface area (Å²) < 4.78 is 0. The molecule has 2 aliphatic carbocycles. The maximum Gasteiger partial charge on any atom is 0.0714 e. The van der Waals surface area contributed by atoms with E-state index in [2.05, 4.69) is 272 Å². The van der Waals surface area contributed by atoms with Gasteiger partial charge in [0, 0.05) is 34.2 Å². The average molecular weight is 871 g/mol. The van der Waals surface area contributed by atoms with Crippen molar-refractivity contribution >= 4 is 33.5 Å². The summed E-state index contributed by atoms with van der Waals surface area (Å²) in [5.41, 5.74) is 20.0. The van der Waals surface area contributed by atoms with Crippen LogP contribution >= 0.6 is 0 Å². The summed E-state index contributed by atoms with van der Waals surface area (Å²) in [6.45, 7) is 2.26. The zero-order chi connectivity index (χ0) is 45.4. The molecular formula is C66H50N2. The second-order valence-corrected chi connectivity index (χ2v) is 18.1. The van der Waals surface area contributed by atoms with Crippen LogP contribution in [-0.4, -0.2) is 0 Å². The maximum atomic E-state index is 3.60. The zero-order valence-electron chi connectivity index (χ0n) is 38.1. The summed E-state index contributed by atoms with van der Waals surface area (Å²) in [7, 11) is 0. The Morgan fingerprint density at radius 3 is 1.88 bits per heavy atom. The summed E-state index contributed by atoms with van der Waals surface area (Å²) in [6.07, 6.45) is 7.80. The molecule has 0 saturated heterocycles. The largest absolute Gasteiger partial charge is 0.356 e. The molecule has 0 bridgehead atoms. The van der Waals surface area contributed by atoms with Gasteiger partial charge >= 0.3 is 0 Å². The highest BCUT2D eigenvalue weighted by molar-refractivity contribution is 6.06. The van der Waals surface area contributed by atoms with Gasteiger partial charge in [-0.2, -0.15) is 0 Å². The van der Waals surface area contributed by atoms with Crippen molar-refractivity contribution in [1.82, 2.24) is 0 Å². The number of hydrogen-bond donors (Lipinski definition) is 1. The lowest BCUT2D eigenvalue weighted by molar-refractivity contribution is 0.768. The molecule has 2 nitrogen and oxygen atoms in total. The van der Waals surface area contributed by atoms with Crippen LogP contribution in [0.25, 0.3) is 44.2 Å². The summed E-state index contributed by atoms with van der Waals surface area (Å²) >= 11 is 0. The Bertz CT molecular complexity index is 3460. The predicted molar refractivity (Wildman–Crippen MR) is 286 cm³/mol. The van der Waals surface area contributed by atoms with E-state index in [0.717, 1.165) is 34.9 Å². The van der Waals surface area contributed by atoms with Crippen LogP contribution in [0.15, 0.2) is 267 Å². The molecule has 0 amide bonds. The minimum absolute atomic E-state index is 0.292. The third kappa shape index (κ3) is 7.14. The minimum Gasteiger partial charge on any atom is -0.356 e. The highest BCUT2D eigenvalue weighted by Gasteiger charge is 2.47. The predicted octanol–water partition coefficient (Wildman–Crippen LogP) is 17.4. The first-order valence-electron chi connectivity index (χ1n) is 23.8. The molecule has 1 unspecified atom stereocenters. The van der Waals surface area contributed by atoms with Crippen molar-refractivity contribution < 1.29 is 0 Å². The lowest BCUT2D eigenvalue weighted by atomic mass is 9.67. The van der Waals surface area contributed by atoms with Crippen LogP contribution in [0.2, 0.25) is 0 Å². The van der Waals surface area contributed by atoms with Gasteiger partial charge in [-0.1, -0.05) is 212 Å². The smallest absolute Gasteiger partial charge is 0.0714 e. The summed E-state index contributed by atoms with van der Waals surface area (Å²) in [5.74, 6) is 0.292. The van der Waals surface area contributed by atoms with Crippen LogP contribution in [0.3, 0.4) is 0 Å². The van der Waals surface area contributed by atoms with Gasteiger partial charge in [0.25, 0.3) is 0 Å². The van der Waals surface area contributed by atoms with Gasteiger partial charge in [0.15, 0.2) is 0 Å². The van der Waals surface area contributed by atoms with E-state index in [0.29, 0.717) is 5.92 Å². The third-order valence-corrected chi connectivity index (χ3v) is 14.1. The number of allylic oxidation sites excluding steroid dienone is 3. The first-order chi connectivity index (χ1) is 33.6. The summed E-state index contributed by atoms with van der Waals surface area (Å²) in [4.78, 5) is 2.50. The molecule has 2 aliphatic rings. The number of para-hydroxylation sites is 1. The van der Waals surface area contributed by atoms with E-state index in [1.165, 1.54) is 77.5 Å². The van der Waals surface area contributed by atoms with Gasteiger partial charge < -0.3 is 10.2 Å². The Hall–Kier alpha value is -8.46. The molecule has 0 fully saturated rings. The number of anilines is 4. The Kier molecular flexibility index (Phi) is 10.5. The van der Waals surface area contributed by atoms with Gasteiger partial charge in [0.2, 0.25) is 0 Å². The van der Waals surface area contributed by atoms with E-state index < -0.39 is 5.41 Å². The number of fused-ring (bicyclic) bond motifs is 4. The van der Waals surface area contributed by atoms with Gasteiger partial charge in [0.05, 0.1) is 11.1 Å². The molecular weight excluding hydrogens is 821 g/mol. The van der Waals surface area contributed by atoms with Gasteiger partial charge in [0.1, 0.15) is 0 Å². The molecule has 0 saturated carbocycles. The highest BCUT2D eigenvalue weighted by atomic mass is 15.1. The lowest BCUT2D eigenvalue weighted by Gasteiger charge is -2.35. The molecule has 12 rings (SSSR count). The fraction of sp³-hybridized carbons (Fsp3) is 0.0606. The Balaban J connectivity index is 1.04. The number of aryl methyl sites for hydroxylation is 1. The van der Waals surface area contributed by atoms with Crippen LogP contribution < -0.4 is 10.2 Å². The molecule has 10 aromatic rings. The normalized spacial score (nSPS) is 14.5. The fourth-order valence-electron chi connectivity index (χ4n) is 11.1. The zero-order valence-corrected chi connectivity index (χ0v) is 38.1. The number of nitrogens with one attached hydrogen (secondary N) is 1. The van der Waals surface area contributed by atoms with Crippen LogP contribution in [0.5, 0.6) is 0 Å². The monoisotopic (exact) mass is 870 g/mol. The molecule has 0 spiro atoms. The molecule has 1 N–H and O–H groups in total. The van der Waals surface area contributed by atoms with Crippen LogP contribution in [0.1, 0.15) is 45.7 Å². The summed E-state index contributed by atoms with van der Waals surface area (Å²) in [6, 6.07) is 89.4. The van der Waals surface area contributed by atoms with E-state index in [1.54, 1.807) is 0 Å². The SMILES string of the molecule is Cc1cccc2c1-c1ccc(N(c3cccc(-c4ccc(C5C=C(Nc6ccccc6)C=CC5)cc4)c3)c3ccc4ccccc4c3-c3ccccc3)cc1C2(c1ccccc1)c1ccccc1. The number of benzene rings is 10. The average Bonchev–Trinajstić information content (AvgIpc) is 3.71. The van der Waals surface area contributed by atoms with Crippen molar-refractivity contribution in [3.8, 4) is 33.4 Å². The van der Waals surface area contributed by atoms with Crippen molar-refractivity contribution in [2.75, 3.05) is 10.2 Å². The van der Waals surface area contributed by atoms with Crippen LogP contribution in [-0.2, 0) is 5.41 Å². The molecule has 0 heterocycles. The van der Waals surface area contributed by atoms with E-state index >= 15 is 0 Å². The molecule has 2 heteroatoms. The fourth-order valence-corrected chi connectivity index (χ4v) is 11.1. The minimum atomic E-state index is -0.544. The molecule has 0 radical (unpaired) electrons. The van der Waals surface area contributed by atoms with Crippen molar-refractivity contribution in [1.29, 1.82) is 0 Å². The standard InChI is InChI=1S/C66H50N2/c1-46-19-16-34-61-64(46)60-41-40-58(45-62(60)66(61,53-25-8-3-9-26-53)54-27-10-4-11-28-54)68(63-42-39-49-20-14-15-33-59(49)65(63)50-21-6-2-7-22-50)57-32-18-24-52(44-57)48-37-35-47(36-38-48)51-23-17-31-56(43-51)67-55-29-12-5-13-30-55/h2-22,24-45,51,67H,23H2,1H3. The van der Waals surface area contributed by atoms with Gasteiger partial charge in [-0.3, -0.25) is 0 Å².